The van der Waals surface area contributed by atoms with E-state index < -0.39 is 0 Å². The Morgan fingerprint density at radius 2 is 2.16 bits per heavy atom. The van der Waals surface area contributed by atoms with Crippen LogP contribution in [0.15, 0.2) is 18.2 Å². The summed E-state index contributed by atoms with van der Waals surface area (Å²) in [7, 11) is 0. The molecular formula is C13H13BrN2O2S. The summed E-state index contributed by atoms with van der Waals surface area (Å²) >= 11 is 5.18. The molecule has 0 amide bonds. The number of fused-ring (bicyclic) bond motifs is 1. The van der Waals surface area contributed by atoms with Crippen LogP contribution in [0.1, 0.15) is 23.2 Å². The molecule has 1 aromatic carbocycles. The number of benzene rings is 1. The van der Waals surface area contributed by atoms with Gasteiger partial charge in [0.25, 0.3) is 0 Å². The number of rotatable bonds is 3. The highest BCUT2D eigenvalue weighted by Gasteiger charge is 2.20. The monoisotopic (exact) mass is 340 g/mol. The third-order valence-corrected chi connectivity index (χ3v) is 5.32. The van der Waals surface area contributed by atoms with Crippen molar-refractivity contribution in [2.24, 2.45) is 0 Å². The fourth-order valence-corrected chi connectivity index (χ4v) is 3.19. The third-order valence-electron chi connectivity index (χ3n) is 2.86. The lowest BCUT2D eigenvalue weighted by Gasteiger charge is -2.19. The van der Waals surface area contributed by atoms with Gasteiger partial charge in [-0.05, 0) is 18.6 Å². The zero-order valence-corrected chi connectivity index (χ0v) is 12.8. The number of para-hydroxylation sites is 1. The van der Waals surface area contributed by atoms with Gasteiger partial charge in [0.05, 0.1) is 10.4 Å². The van der Waals surface area contributed by atoms with Crippen molar-refractivity contribution >= 4 is 27.3 Å². The molecule has 1 aromatic heterocycles. The fraction of sp³-hybridized carbons (Fsp3) is 0.385. The molecule has 0 N–H and O–H groups in total. The molecule has 0 saturated heterocycles. The average Bonchev–Trinajstić information content (AvgIpc) is 2.95. The summed E-state index contributed by atoms with van der Waals surface area (Å²) in [6, 6.07) is 5.86. The maximum Gasteiger partial charge on any atom is 0.171 e. The number of nitrogens with zero attached hydrogens (tertiary/aromatic N) is 2. The number of alkyl halides is 1. The second-order valence-electron chi connectivity index (χ2n) is 4.15. The number of aromatic nitrogens is 2. The Bertz CT molecular complexity index is 588. The fourth-order valence-electron chi connectivity index (χ4n) is 1.89. The number of hydrogen-bond acceptors (Lipinski definition) is 5. The van der Waals surface area contributed by atoms with E-state index in [-0.39, 0.29) is 4.83 Å². The van der Waals surface area contributed by atoms with Crippen LogP contribution in [0.3, 0.4) is 0 Å². The van der Waals surface area contributed by atoms with E-state index in [1.165, 1.54) is 0 Å². The van der Waals surface area contributed by atoms with Crippen LogP contribution in [-0.2, 0) is 0 Å². The highest BCUT2D eigenvalue weighted by atomic mass is 79.9. The van der Waals surface area contributed by atoms with Crippen LogP contribution in [0.4, 0.5) is 0 Å². The van der Waals surface area contributed by atoms with Gasteiger partial charge in [0, 0.05) is 0 Å². The van der Waals surface area contributed by atoms with Crippen LogP contribution in [0.5, 0.6) is 11.5 Å². The first kappa shape index (κ1) is 12.9. The molecule has 0 radical (unpaired) electrons. The maximum atomic E-state index is 5.71. The van der Waals surface area contributed by atoms with Crippen LogP contribution in [-0.4, -0.2) is 23.4 Å². The molecule has 3 rings (SSSR count). The molecule has 6 heteroatoms. The van der Waals surface area contributed by atoms with Gasteiger partial charge in [-0.25, -0.2) is 0 Å². The van der Waals surface area contributed by atoms with Gasteiger partial charge in [0.1, 0.15) is 18.2 Å². The summed E-state index contributed by atoms with van der Waals surface area (Å²) in [6.45, 7) is 3.28. The quantitative estimate of drug-likeness (QED) is 0.796. The van der Waals surface area contributed by atoms with Crippen LogP contribution in [0, 0.1) is 0 Å². The minimum Gasteiger partial charge on any atom is -0.486 e. The molecule has 1 aliphatic rings. The summed E-state index contributed by atoms with van der Waals surface area (Å²) in [6.07, 6.45) is 0.987. The van der Waals surface area contributed by atoms with Gasteiger partial charge in [0.15, 0.2) is 16.5 Å². The van der Waals surface area contributed by atoms with E-state index in [1.54, 1.807) is 11.3 Å². The van der Waals surface area contributed by atoms with Gasteiger partial charge >= 0.3 is 0 Å². The van der Waals surface area contributed by atoms with E-state index in [9.17, 15) is 0 Å². The summed E-state index contributed by atoms with van der Waals surface area (Å²) in [4.78, 5) is 0.260. The standard InChI is InChI=1S/C13H13BrN2O2S/c1-2-9(14)13-16-15-12(19-13)8-4-3-5-10-11(8)18-7-6-17-10/h3-5,9H,2,6-7H2,1H3. The van der Waals surface area contributed by atoms with Crippen molar-refractivity contribution in [3.8, 4) is 22.1 Å². The predicted octanol–water partition coefficient (Wildman–Crippen LogP) is 3.82. The largest absolute Gasteiger partial charge is 0.486 e. The van der Waals surface area contributed by atoms with Gasteiger partial charge in [0.2, 0.25) is 0 Å². The van der Waals surface area contributed by atoms with E-state index in [0.29, 0.717) is 13.2 Å². The molecule has 4 nitrogen and oxygen atoms in total. The van der Waals surface area contributed by atoms with E-state index in [0.717, 1.165) is 33.5 Å². The molecule has 2 aromatic rings. The highest BCUT2D eigenvalue weighted by molar-refractivity contribution is 9.09. The van der Waals surface area contributed by atoms with Crippen LogP contribution < -0.4 is 9.47 Å². The molecule has 2 heterocycles. The maximum absolute atomic E-state index is 5.71. The van der Waals surface area contributed by atoms with Crippen molar-refractivity contribution in [2.75, 3.05) is 13.2 Å². The van der Waals surface area contributed by atoms with Crippen molar-refractivity contribution in [2.45, 2.75) is 18.2 Å². The lowest BCUT2D eigenvalue weighted by molar-refractivity contribution is 0.172. The van der Waals surface area contributed by atoms with E-state index in [2.05, 4.69) is 33.1 Å². The Morgan fingerprint density at radius 1 is 1.32 bits per heavy atom. The summed E-state index contributed by atoms with van der Waals surface area (Å²) in [5.74, 6) is 1.56. The first-order chi connectivity index (χ1) is 9.29. The van der Waals surface area contributed by atoms with E-state index in [1.807, 2.05) is 18.2 Å². The Kier molecular flexibility index (Phi) is 3.70. The minimum atomic E-state index is 0.260. The van der Waals surface area contributed by atoms with Gasteiger partial charge in [-0.15, -0.1) is 10.2 Å². The molecule has 0 bridgehead atoms. The van der Waals surface area contributed by atoms with Crippen LogP contribution >= 0.6 is 27.3 Å². The Morgan fingerprint density at radius 3 is 3.00 bits per heavy atom. The Balaban J connectivity index is 2.00. The lowest BCUT2D eigenvalue weighted by Crippen LogP contribution is -2.15. The SMILES string of the molecule is CCC(Br)c1nnc(-c2cccc3c2OCCO3)s1. The second kappa shape index (κ2) is 5.46. The van der Waals surface area contributed by atoms with Gasteiger partial charge in [-0.3, -0.25) is 0 Å². The molecule has 1 aliphatic heterocycles. The van der Waals surface area contributed by atoms with Crippen molar-refractivity contribution in [3.63, 3.8) is 0 Å². The van der Waals surface area contributed by atoms with E-state index >= 15 is 0 Å². The minimum absolute atomic E-state index is 0.260. The van der Waals surface area contributed by atoms with Gasteiger partial charge in [-0.2, -0.15) is 0 Å². The first-order valence-corrected chi connectivity index (χ1v) is 7.89. The molecular weight excluding hydrogens is 328 g/mol. The predicted molar refractivity (Wildman–Crippen MR) is 78.3 cm³/mol. The Hall–Kier alpha value is -1.14. The molecule has 0 spiro atoms. The van der Waals surface area contributed by atoms with E-state index in [4.69, 9.17) is 9.47 Å². The van der Waals surface area contributed by atoms with Gasteiger partial charge in [-0.1, -0.05) is 40.3 Å². The molecule has 0 fully saturated rings. The van der Waals surface area contributed by atoms with Crippen molar-refractivity contribution < 1.29 is 9.47 Å². The molecule has 19 heavy (non-hydrogen) atoms. The first-order valence-electron chi connectivity index (χ1n) is 6.16. The third kappa shape index (κ3) is 2.47. The average molecular weight is 341 g/mol. The normalized spacial score (nSPS) is 15.3. The smallest absolute Gasteiger partial charge is 0.171 e. The van der Waals surface area contributed by atoms with Crippen molar-refractivity contribution in [1.29, 1.82) is 0 Å². The van der Waals surface area contributed by atoms with Crippen molar-refractivity contribution in [3.05, 3.63) is 23.2 Å². The zero-order chi connectivity index (χ0) is 13.2. The highest BCUT2D eigenvalue weighted by Crippen LogP contribution is 2.42. The second-order valence-corrected chi connectivity index (χ2v) is 6.27. The Labute approximate surface area is 123 Å². The molecule has 0 saturated carbocycles. The molecule has 0 aliphatic carbocycles. The van der Waals surface area contributed by atoms with Crippen LogP contribution in [0.25, 0.3) is 10.6 Å². The number of hydrogen-bond donors (Lipinski definition) is 0. The number of halogens is 1. The lowest BCUT2D eigenvalue weighted by atomic mass is 10.2. The summed E-state index contributed by atoms with van der Waals surface area (Å²) < 4.78 is 11.3. The molecule has 1 atom stereocenters. The van der Waals surface area contributed by atoms with Crippen molar-refractivity contribution in [1.82, 2.24) is 10.2 Å². The van der Waals surface area contributed by atoms with Crippen LogP contribution in [0.2, 0.25) is 0 Å². The summed E-state index contributed by atoms with van der Waals surface area (Å²) in [5, 5.41) is 10.4. The topological polar surface area (TPSA) is 44.2 Å². The molecule has 1 unspecified atom stereocenters. The molecule has 100 valence electrons. The zero-order valence-electron chi connectivity index (χ0n) is 10.4. The summed E-state index contributed by atoms with van der Waals surface area (Å²) in [5.41, 5.74) is 0.955. The van der Waals surface area contributed by atoms with Gasteiger partial charge < -0.3 is 9.47 Å². The number of ether oxygens (including phenoxy) is 2.